The fraction of sp³-hybridized carbons (Fsp3) is 0.682. The first kappa shape index (κ1) is 20.3. The zero-order chi connectivity index (χ0) is 19.7. The number of aliphatic hydroxyl groups is 1. The molecule has 0 spiro atoms. The van der Waals surface area contributed by atoms with Gasteiger partial charge in [-0.2, -0.15) is 0 Å². The Bertz CT molecular complexity index is 643. The van der Waals surface area contributed by atoms with Crippen LogP contribution < -0.4 is 0 Å². The Morgan fingerprint density at radius 1 is 1.19 bits per heavy atom. The lowest BCUT2D eigenvalue weighted by Gasteiger charge is -2.56. The number of hydrogen-bond acceptors (Lipinski definition) is 4. The molecule has 2 unspecified atom stereocenters. The Morgan fingerprint density at radius 3 is 2.52 bits per heavy atom. The van der Waals surface area contributed by atoms with Crippen LogP contribution in [0.15, 0.2) is 30.3 Å². The lowest BCUT2D eigenvalue weighted by atomic mass is 9.89. The van der Waals surface area contributed by atoms with Crippen LogP contribution in [0.5, 0.6) is 0 Å². The number of fused-ring (bicyclic) bond motifs is 1. The molecule has 0 bridgehead atoms. The SMILES string of the molecule is CC(C)(C)CC(=O)N1CCN2C(CN(Cc3ccccc3)CC2(C)CO)C1. The molecule has 2 fully saturated rings. The molecule has 1 amide bonds. The Balaban J connectivity index is 1.71. The van der Waals surface area contributed by atoms with Gasteiger partial charge in [-0.05, 0) is 17.9 Å². The largest absolute Gasteiger partial charge is 0.394 e. The van der Waals surface area contributed by atoms with E-state index in [1.165, 1.54) is 5.56 Å². The van der Waals surface area contributed by atoms with Crippen LogP contribution in [0.4, 0.5) is 0 Å². The maximum Gasteiger partial charge on any atom is 0.223 e. The van der Waals surface area contributed by atoms with E-state index in [9.17, 15) is 9.90 Å². The van der Waals surface area contributed by atoms with Crippen LogP contribution in [0, 0.1) is 5.41 Å². The molecule has 2 atom stereocenters. The summed E-state index contributed by atoms with van der Waals surface area (Å²) in [5.74, 6) is 0.257. The lowest BCUT2D eigenvalue weighted by Crippen LogP contribution is -2.72. The quantitative estimate of drug-likeness (QED) is 0.879. The third-order valence-electron chi connectivity index (χ3n) is 5.83. The molecule has 5 nitrogen and oxygen atoms in total. The Labute approximate surface area is 163 Å². The van der Waals surface area contributed by atoms with E-state index in [-0.39, 0.29) is 29.5 Å². The van der Waals surface area contributed by atoms with Crippen molar-refractivity contribution in [3.8, 4) is 0 Å². The van der Waals surface area contributed by atoms with Crippen molar-refractivity contribution in [3.63, 3.8) is 0 Å². The van der Waals surface area contributed by atoms with Crippen molar-refractivity contribution in [1.82, 2.24) is 14.7 Å². The van der Waals surface area contributed by atoms with Gasteiger partial charge in [0, 0.05) is 51.7 Å². The van der Waals surface area contributed by atoms with Crippen LogP contribution in [0.3, 0.4) is 0 Å². The number of amides is 1. The molecule has 1 aromatic rings. The molecule has 2 aliphatic heterocycles. The minimum Gasteiger partial charge on any atom is -0.394 e. The molecular formula is C22H35N3O2. The summed E-state index contributed by atoms with van der Waals surface area (Å²) in [4.78, 5) is 19.6. The summed E-state index contributed by atoms with van der Waals surface area (Å²) in [6.45, 7) is 13.7. The van der Waals surface area contributed by atoms with Crippen molar-refractivity contribution < 1.29 is 9.90 Å². The molecule has 27 heavy (non-hydrogen) atoms. The standard InChI is InChI=1S/C22H35N3O2/c1-21(2,3)12-20(27)24-10-11-25-19(15-24)14-23(16-22(25,4)17-26)13-18-8-6-5-7-9-18/h5-9,19,26H,10-17H2,1-4H3. The van der Waals surface area contributed by atoms with Crippen molar-refractivity contribution in [2.45, 2.75) is 52.2 Å². The average Bonchev–Trinajstić information content (AvgIpc) is 2.60. The predicted molar refractivity (Wildman–Crippen MR) is 108 cm³/mol. The second-order valence-electron chi connectivity index (χ2n) is 9.73. The number of rotatable bonds is 4. The van der Waals surface area contributed by atoms with Gasteiger partial charge in [-0.1, -0.05) is 51.1 Å². The Morgan fingerprint density at radius 2 is 1.89 bits per heavy atom. The van der Waals surface area contributed by atoms with Crippen LogP contribution in [-0.4, -0.2) is 76.6 Å². The van der Waals surface area contributed by atoms with E-state index in [2.05, 4.69) is 61.8 Å². The number of aliphatic hydroxyl groups excluding tert-OH is 1. The van der Waals surface area contributed by atoms with Gasteiger partial charge in [0.1, 0.15) is 0 Å². The molecule has 2 saturated heterocycles. The molecule has 0 aliphatic carbocycles. The molecule has 1 N–H and O–H groups in total. The van der Waals surface area contributed by atoms with Crippen LogP contribution in [0.2, 0.25) is 0 Å². The van der Waals surface area contributed by atoms with Crippen molar-refractivity contribution in [1.29, 1.82) is 0 Å². The highest BCUT2D eigenvalue weighted by Gasteiger charge is 2.45. The number of benzene rings is 1. The summed E-state index contributed by atoms with van der Waals surface area (Å²) < 4.78 is 0. The van der Waals surface area contributed by atoms with E-state index in [0.717, 1.165) is 39.3 Å². The number of carbonyl (C=O) groups excluding carboxylic acids is 1. The van der Waals surface area contributed by atoms with Gasteiger partial charge in [-0.3, -0.25) is 14.6 Å². The van der Waals surface area contributed by atoms with Gasteiger partial charge in [0.05, 0.1) is 12.1 Å². The predicted octanol–water partition coefficient (Wildman–Crippen LogP) is 2.20. The van der Waals surface area contributed by atoms with E-state index < -0.39 is 0 Å². The second-order valence-corrected chi connectivity index (χ2v) is 9.73. The van der Waals surface area contributed by atoms with Crippen molar-refractivity contribution in [3.05, 3.63) is 35.9 Å². The highest BCUT2D eigenvalue weighted by atomic mass is 16.3. The third kappa shape index (κ3) is 4.89. The summed E-state index contributed by atoms with van der Waals surface area (Å²) in [6.07, 6.45) is 0.588. The maximum absolute atomic E-state index is 12.7. The van der Waals surface area contributed by atoms with Crippen LogP contribution in [-0.2, 0) is 11.3 Å². The zero-order valence-corrected chi connectivity index (χ0v) is 17.3. The van der Waals surface area contributed by atoms with Crippen LogP contribution >= 0.6 is 0 Å². The van der Waals surface area contributed by atoms with E-state index in [1.807, 2.05) is 11.0 Å². The van der Waals surface area contributed by atoms with E-state index in [1.54, 1.807) is 0 Å². The van der Waals surface area contributed by atoms with Crippen LogP contribution in [0.1, 0.15) is 39.7 Å². The zero-order valence-electron chi connectivity index (χ0n) is 17.3. The number of carbonyl (C=O) groups is 1. The molecule has 2 aliphatic rings. The van der Waals surface area contributed by atoms with E-state index in [0.29, 0.717) is 6.42 Å². The average molecular weight is 374 g/mol. The Hall–Kier alpha value is -1.43. The third-order valence-corrected chi connectivity index (χ3v) is 5.83. The normalized spacial score (nSPS) is 27.4. The highest BCUT2D eigenvalue weighted by Crippen LogP contribution is 2.30. The van der Waals surface area contributed by atoms with Crippen molar-refractivity contribution in [2.75, 3.05) is 39.3 Å². The fourth-order valence-electron chi connectivity index (χ4n) is 4.55. The minimum absolute atomic E-state index is 0.0136. The highest BCUT2D eigenvalue weighted by molar-refractivity contribution is 5.77. The second kappa shape index (κ2) is 7.90. The maximum atomic E-state index is 12.7. The minimum atomic E-state index is -0.253. The molecule has 150 valence electrons. The molecule has 0 aromatic heterocycles. The number of nitrogens with zero attached hydrogens (tertiary/aromatic N) is 3. The molecule has 0 saturated carbocycles. The fourth-order valence-corrected chi connectivity index (χ4v) is 4.55. The van der Waals surface area contributed by atoms with E-state index in [4.69, 9.17) is 0 Å². The summed E-state index contributed by atoms with van der Waals surface area (Å²) in [5.41, 5.74) is 1.05. The van der Waals surface area contributed by atoms with Crippen molar-refractivity contribution in [2.24, 2.45) is 5.41 Å². The van der Waals surface area contributed by atoms with Gasteiger partial charge >= 0.3 is 0 Å². The molecule has 3 rings (SSSR count). The first-order valence-corrected chi connectivity index (χ1v) is 10.1. The summed E-state index contributed by atoms with van der Waals surface area (Å²) in [6, 6.07) is 10.8. The van der Waals surface area contributed by atoms with Gasteiger partial charge in [-0.15, -0.1) is 0 Å². The molecule has 5 heteroatoms. The smallest absolute Gasteiger partial charge is 0.223 e. The molecule has 2 heterocycles. The summed E-state index contributed by atoms with van der Waals surface area (Å²) in [7, 11) is 0. The van der Waals surface area contributed by atoms with Gasteiger partial charge in [-0.25, -0.2) is 0 Å². The lowest BCUT2D eigenvalue weighted by molar-refractivity contribution is -0.143. The molecular weight excluding hydrogens is 338 g/mol. The first-order chi connectivity index (χ1) is 12.7. The van der Waals surface area contributed by atoms with Gasteiger partial charge in [0.15, 0.2) is 0 Å². The van der Waals surface area contributed by atoms with Gasteiger partial charge in [0.2, 0.25) is 5.91 Å². The summed E-state index contributed by atoms with van der Waals surface area (Å²) in [5, 5.41) is 10.2. The van der Waals surface area contributed by atoms with Crippen LogP contribution in [0.25, 0.3) is 0 Å². The summed E-state index contributed by atoms with van der Waals surface area (Å²) >= 11 is 0. The Kier molecular flexibility index (Phi) is 5.94. The van der Waals surface area contributed by atoms with Gasteiger partial charge < -0.3 is 10.0 Å². The van der Waals surface area contributed by atoms with Crippen molar-refractivity contribution >= 4 is 5.91 Å². The van der Waals surface area contributed by atoms with E-state index >= 15 is 0 Å². The molecule has 0 radical (unpaired) electrons. The molecule has 1 aromatic carbocycles. The number of piperazine rings is 2. The number of hydrogen-bond donors (Lipinski definition) is 1. The first-order valence-electron chi connectivity index (χ1n) is 10.1. The monoisotopic (exact) mass is 373 g/mol. The topological polar surface area (TPSA) is 47.0 Å². The van der Waals surface area contributed by atoms with Gasteiger partial charge in [0.25, 0.3) is 0 Å².